The molecule has 146 valence electrons. The molecule has 0 radical (unpaired) electrons. The Morgan fingerprint density at radius 1 is 1.21 bits per heavy atom. The number of carbonyl (C=O) groups excluding carboxylic acids is 1. The van der Waals surface area contributed by atoms with Crippen molar-refractivity contribution in [3.63, 3.8) is 0 Å². The Morgan fingerprint density at radius 3 is 2.43 bits per heavy atom. The SMILES string of the molecule is CCOc1ccc(C=C(C#N)C(=O)Nc2ccc(S(N)(=O)=O)cc2)cc1OC. The molecule has 2 aromatic rings. The van der Waals surface area contributed by atoms with Crippen LogP contribution in [0.2, 0.25) is 0 Å². The third kappa shape index (κ3) is 5.33. The van der Waals surface area contributed by atoms with Crippen LogP contribution >= 0.6 is 0 Å². The van der Waals surface area contributed by atoms with Crippen molar-refractivity contribution in [2.75, 3.05) is 19.0 Å². The molecule has 0 unspecified atom stereocenters. The van der Waals surface area contributed by atoms with E-state index in [1.54, 1.807) is 18.2 Å². The Labute approximate surface area is 163 Å². The van der Waals surface area contributed by atoms with E-state index in [1.807, 2.05) is 13.0 Å². The van der Waals surface area contributed by atoms with Crippen molar-refractivity contribution < 1.29 is 22.7 Å². The number of nitrogens with zero attached hydrogens (tertiary/aromatic N) is 1. The van der Waals surface area contributed by atoms with Gasteiger partial charge in [-0.3, -0.25) is 4.79 Å². The van der Waals surface area contributed by atoms with Crippen LogP contribution in [0.4, 0.5) is 5.69 Å². The van der Waals surface area contributed by atoms with Crippen LogP contribution in [0.25, 0.3) is 6.08 Å². The van der Waals surface area contributed by atoms with E-state index in [1.165, 1.54) is 37.5 Å². The Morgan fingerprint density at radius 2 is 1.89 bits per heavy atom. The molecule has 3 N–H and O–H groups in total. The number of anilines is 1. The number of primary sulfonamides is 1. The summed E-state index contributed by atoms with van der Waals surface area (Å²) in [6.07, 6.45) is 1.41. The normalized spacial score (nSPS) is 11.4. The van der Waals surface area contributed by atoms with Crippen molar-refractivity contribution in [3.8, 4) is 17.6 Å². The summed E-state index contributed by atoms with van der Waals surface area (Å²) < 4.78 is 33.2. The first-order valence-corrected chi connectivity index (χ1v) is 9.70. The summed E-state index contributed by atoms with van der Waals surface area (Å²) in [7, 11) is -2.33. The number of rotatable bonds is 7. The summed E-state index contributed by atoms with van der Waals surface area (Å²) in [5.41, 5.74) is 0.765. The van der Waals surface area contributed by atoms with Gasteiger partial charge >= 0.3 is 0 Å². The van der Waals surface area contributed by atoms with Gasteiger partial charge in [0.25, 0.3) is 5.91 Å². The van der Waals surface area contributed by atoms with Gasteiger partial charge in [-0.1, -0.05) is 6.07 Å². The number of methoxy groups -OCH3 is 1. The minimum absolute atomic E-state index is 0.0805. The summed E-state index contributed by atoms with van der Waals surface area (Å²) in [6.45, 7) is 2.32. The number of carbonyl (C=O) groups is 1. The molecule has 0 aliphatic rings. The van der Waals surface area contributed by atoms with E-state index in [0.29, 0.717) is 29.4 Å². The van der Waals surface area contributed by atoms with Gasteiger partial charge in [0.2, 0.25) is 10.0 Å². The van der Waals surface area contributed by atoms with Gasteiger partial charge in [0.1, 0.15) is 11.6 Å². The highest BCUT2D eigenvalue weighted by molar-refractivity contribution is 7.89. The Kier molecular flexibility index (Phi) is 6.76. The highest BCUT2D eigenvalue weighted by Crippen LogP contribution is 2.29. The molecule has 0 saturated heterocycles. The number of hydrogen-bond donors (Lipinski definition) is 2. The van der Waals surface area contributed by atoms with Crippen LogP contribution < -0.4 is 19.9 Å². The van der Waals surface area contributed by atoms with Gasteiger partial charge in [0.05, 0.1) is 18.6 Å². The molecule has 9 heteroatoms. The molecule has 1 amide bonds. The second-order valence-electron chi connectivity index (χ2n) is 5.54. The predicted octanol–water partition coefficient (Wildman–Crippen LogP) is 2.29. The number of ether oxygens (including phenoxy) is 2. The third-order valence-corrected chi connectivity index (χ3v) is 4.53. The molecule has 0 atom stereocenters. The van der Waals surface area contributed by atoms with Crippen molar-refractivity contribution >= 4 is 27.7 Å². The second kappa shape index (κ2) is 9.03. The Balaban J connectivity index is 2.22. The van der Waals surface area contributed by atoms with Crippen LogP contribution in [0.5, 0.6) is 11.5 Å². The van der Waals surface area contributed by atoms with Gasteiger partial charge in [-0.25, -0.2) is 13.6 Å². The average Bonchev–Trinajstić information content (AvgIpc) is 2.66. The summed E-state index contributed by atoms with van der Waals surface area (Å²) in [4.78, 5) is 12.3. The standard InChI is InChI=1S/C19H19N3O5S/c1-3-27-17-9-4-13(11-18(17)26-2)10-14(12-20)19(23)22-15-5-7-16(8-6-15)28(21,24)25/h4-11H,3H2,1-2H3,(H,22,23)(H2,21,24,25). The van der Waals surface area contributed by atoms with E-state index in [0.717, 1.165) is 0 Å². The molecular weight excluding hydrogens is 382 g/mol. The summed E-state index contributed by atoms with van der Waals surface area (Å²) in [5, 5.41) is 16.9. The maximum atomic E-state index is 12.4. The van der Waals surface area contributed by atoms with Crippen molar-refractivity contribution in [1.82, 2.24) is 0 Å². The minimum atomic E-state index is -3.82. The van der Waals surface area contributed by atoms with Gasteiger partial charge < -0.3 is 14.8 Å². The van der Waals surface area contributed by atoms with Crippen molar-refractivity contribution in [3.05, 3.63) is 53.6 Å². The lowest BCUT2D eigenvalue weighted by Crippen LogP contribution is -2.14. The molecule has 2 rings (SSSR count). The predicted molar refractivity (Wildman–Crippen MR) is 104 cm³/mol. The fourth-order valence-electron chi connectivity index (χ4n) is 2.29. The number of hydrogen-bond acceptors (Lipinski definition) is 6. The van der Waals surface area contributed by atoms with Crippen molar-refractivity contribution in [2.45, 2.75) is 11.8 Å². The van der Waals surface area contributed by atoms with Crippen LogP contribution in [-0.2, 0) is 14.8 Å². The monoisotopic (exact) mass is 401 g/mol. The molecule has 0 aromatic heterocycles. The number of amides is 1. The molecule has 0 bridgehead atoms. The topological polar surface area (TPSA) is 132 Å². The van der Waals surface area contributed by atoms with E-state index in [-0.39, 0.29) is 10.5 Å². The van der Waals surface area contributed by atoms with Crippen LogP contribution in [0.15, 0.2) is 52.9 Å². The lowest BCUT2D eigenvalue weighted by Gasteiger charge is -2.10. The highest BCUT2D eigenvalue weighted by Gasteiger charge is 2.12. The fourth-order valence-corrected chi connectivity index (χ4v) is 2.81. The maximum Gasteiger partial charge on any atom is 0.266 e. The van der Waals surface area contributed by atoms with E-state index >= 15 is 0 Å². The van der Waals surface area contributed by atoms with Crippen LogP contribution in [0, 0.1) is 11.3 Å². The molecule has 0 aliphatic heterocycles. The highest BCUT2D eigenvalue weighted by atomic mass is 32.2. The zero-order valence-corrected chi connectivity index (χ0v) is 16.1. The number of nitrogens with two attached hydrogens (primary N) is 1. The quantitative estimate of drug-likeness (QED) is 0.540. The lowest BCUT2D eigenvalue weighted by molar-refractivity contribution is -0.112. The van der Waals surface area contributed by atoms with Gasteiger partial charge in [-0.15, -0.1) is 0 Å². The molecule has 0 fully saturated rings. The van der Waals surface area contributed by atoms with Crippen LogP contribution in [0.3, 0.4) is 0 Å². The fraction of sp³-hybridized carbons (Fsp3) is 0.158. The van der Waals surface area contributed by atoms with E-state index < -0.39 is 15.9 Å². The van der Waals surface area contributed by atoms with Crippen LogP contribution in [0.1, 0.15) is 12.5 Å². The second-order valence-corrected chi connectivity index (χ2v) is 7.10. The lowest BCUT2D eigenvalue weighted by atomic mass is 10.1. The molecule has 0 aliphatic carbocycles. The van der Waals surface area contributed by atoms with E-state index in [2.05, 4.69) is 5.32 Å². The Bertz CT molecular complexity index is 1040. The third-order valence-electron chi connectivity index (χ3n) is 3.60. The molecule has 0 spiro atoms. The van der Waals surface area contributed by atoms with Gasteiger partial charge in [-0.2, -0.15) is 5.26 Å². The van der Waals surface area contributed by atoms with Gasteiger partial charge in [0.15, 0.2) is 11.5 Å². The molecule has 2 aromatic carbocycles. The van der Waals surface area contributed by atoms with Gasteiger partial charge in [-0.05, 0) is 55.0 Å². The zero-order chi connectivity index (χ0) is 20.7. The van der Waals surface area contributed by atoms with Crippen LogP contribution in [-0.4, -0.2) is 28.0 Å². The first kappa shape index (κ1) is 21.0. The molecular formula is C19H19N3O5S. The summed E-state index contributed by atoms with van der Waals surface area (Å²) in [6, 6.07) is 12.2. The zero-order valence-electron chi connectivity index (χ0n) is 15.3. The van der Waals surface area contributed by atoms with E-state index in [4.69, 9.17) is 14.6 Å². The average molecular weight is 401 g/mol. The van der Waals surface area contributed by atoms with Gasteiger partial charge in [0, 0.05) is 5.69 Å². The first-order valence-electron chi connectivity index (χ1n) is 8.15. The first-order chi connectivity index (χ1) is 13.3. The van der Waals surface area contributed by atoms with E-state index in [9.17, 15) is 18.5 Å². The summed E-state index contributed by atoms with van der Waals surface area (Å²) >= 11 is 0. The number of benzene rings is 2. The summed E-state index contributed by atoms with van der Waals surface area (Å²) in [5.74, 6) is 0.394. The number of nitriles is 1. The smallest absolute Gasteiger partial charge is 0.266 e. The maximum absolute atomic E-state index is 12.4. The number of sulfonamides is 1. The minimum Gasteiger partial charge on any atom is -0.493 e. The van der Waals surface area contributed by atoms with Crippen molar-refractivity contribution in [2.24, 2.45) is 5.14 Å². The molecule has 0 heterocycles. The number of nitrogens with one attached hydrogen (secondary N) is 1. The van der Waals surface area contributed by atoms with Crippen molar-refractivity contribution in [1.29, 1.82) is 5.26 Å². The largest absolute Gasteiger partial charge is 0.493 e. The molecule has 28 heavy (non-hydrogen) atoms. The molecule has 8 nitrogen and oxygen atoms in total. The Hall–Kier alpha value is -3.35. The molecule has 0 saturated carbocycles.